The standard InChI is InChI=1S/C12H13ClN2OS/c1-8-2-3-17-12(8)11(5-14)16-10-4-9(13)6-15-7-10/h2-4,6-7,11H,5,14H2,1H3. The Morgan fingerprint density at radius 3 is 2.94 bits per heavy atom. The van der Waals surface area contributed by atoms with E-state index >= 15 is 0 Å². The molecule has 0 bridgehead atoms. The number of ether oxygens (including phenoxy) is 1. The molecule has 2 aromatic heterocycles. The van der Waals surface area contributed by atoms with Gasteiger partial charge in [-0.2, -0.15) is 0 Å². The van der Waals surface area contributed by atoms with Crippen LogP contribution in [-0.4, -0.2) is 11.5 Å². The summed E-state index contributed by atoms with van der Waals surface area (Å²) in [5.41, 5.74) is 6.94. The molecular weight excluding hydrogens is 256 g/mol. The Bertz CT molecular complexity index is 501. The van der Waals surface area contributed by atoms with E-state index in [0.29, 0.717) is 17.3 Å². The predicted octanol–water partition coefficient (Wildman–Crippen LogP) is 3.18. The van der Waals surface area contributed by atoms with Gasteiger partial charge in [0.15, 0.2) is 0 Å². The lowest BCUT2D eigenvalue weighted by Gasteiger charge is -2.17. The molecule has 0 aromatic carbocycles. The van der Waals surface area contributed by atoms with Gasteiger partial charge in [-0.15, -0.1) is 11.3 Å². The van der Waals surface area contributed by atoms with Crippen LogP contribution >= 0.6 is 22.9 Å². The number of thiophene rings is 1. The quantitative estimate of drug-likeness (QED) is 0.926. The summed E-state index contributed by atoms with van der Waals surface area (Å²) in [4.78, 5) is 5.13. The van der Waals surface area contributed by atoms with E-state index in [2.05, 4.69) is 11.1 Å². The summed E-state index contributed by atoms with van der Waals surface area (Å²) >= 11 is 7.50. The normalized spacial score (nSPS) is 12.4. The van der Waals surface area contributed by atoms with Crippen LogP contribution in [0.25, 0.3) is 0 Å². The number of aryl methyl sites for hydroxylation is 1. The Kier molecular flexibility index (Phi) is 3.99. The van der Waals surface area contributed by atoms with Crippen LogP contribution in [0.4, 0.5) is 0 Å². The summed E-state index contributed by atoms with van der Waals surface area (Å²) in [6, 6.07) is 3.79. The fourth-order valence-electron chi connectivity index (χ4n) is 1.54. The lowest BCUT2D eigenvalue weighted by Crippen LogP contribution is -2.18. The maximum atomic E-state index is 5.86. The van der Waals surface area contributed by atoms with E-state index in [-0.39, 0.29) is 6.10 Å². The number of aromatic nitrogens is 1. The molecule has 0 amide bonds. The molecule has 2 N–H and O–H groups in total. The van der Waals surface area contributed by atoms with Gasteiger partial charge in [0, 0.05) is 23.7 Å². The smallest absolute Gasteiger partial charge is 0.145 e. The molecule has 0 fully saturated rings. The summed E-state index contributed by atoms with van der Waals surface area (Å²) < 4.78 is 5.81. The number of pyridine rings is 1. The zero-order valence-electron chi connectivity index (χ0n) is 9.39. The van der Waals surface area contributed by atoms with E-state index in [1.54, 1.807) is 29.8 Å². The minimum Gasteiger partial charge on any atom is -0.482 e. The first-order chi connectivity index (χ1) is 8.20. The Morgan fingerprint density at radius 1 is 1.53 bits per heavy atom. The minimum atomic E-state index is -0.143. The highest BCUT2D eigenvalue weighted by Crippen LogP contribution is 2.28. The van der Waals surface area contributed by atoms with Crippen molar-refractivity contribution in [1.82, 2.24) is 4.98 Å². The minimum absolute atomic E-state index is 0.143. The van der Waals surface area contributed by atoms with Crippen molar-refractivity contribution in [2.24, 2.45) is 5.73 Å². The molecule has 0 saturated carbocycles. The van der Waals surface area contributed by atoms with E-state index < -0.39 is 0 Å². The molecule has 0 aliphatic rings. The van der Waals surface area contributed by atoms with E-state index in [4.69, 9.17) is 22.1 Å². The first-order valence-corrected chi connectivity index (χ1v) is 6.47. The van der Waals surface area contributed by atoms with Crippen LogP contribution in [0.5, 0.6) is 5.75 Å². The Morgan fingerprint density at radius 2 is 2.35 bits per heavy atom. The molecule has 0 saturated heterocycles. The Labute approximate surface area is 109 Å². The van der Waals surface area contributed by atoms with E-state index in [9.17, 15) is 0 Å². The molecule has 2 aromatic rings. The van der Waals surface area contributed by atoms with Crippen LogP contribution in [0.1, 0.15) is 16.5 Å². The van der Waals surface area contributed by atoms with Crippen LogP contribution in [0.3, 0.4) is 0 Å². The van der Waals surface area contributed by atoms with Gasteiger partial charge < -0.3 is 10.5 Å². The first kappa shape index (κ1) is 12.4. The molecule has 2 heterocycles. The van der Waals surface area contributed by atoms with Crippen molar-refractivity contribution in [1.29, 1.82) is 0 Å². The van der Waals surface area contributed by atoms with Crippen LogP contribution in [0, 0.1) is 6.92 Å². The molecular formula is C12H13ClN2OS. The third kappa shape index (κ3) is 2.97. The third-order valence-corrected chi connectivity index (χ3v) is 3.68. The summed E-state index contributed by atoms with van der Waals surface area (Å²) in [7, 11) is 0. The molecule has 0 aliphatic heterocycles. The van der Waals surface area contributed by atoms with Crippen LogP contribution in [-0.2, 0) is 0 Å². The highest BCUT2D eigenvalue weighted by Gasteiger charge is 2.15. The highest BCUT2D eigenvalue weighted by atomic mass is 35.5. The van der Waals surface area contributed by atoms with Gasteiger partial charge in [0.05, 0.1) is 11.2 Å². The Balaban J connectivity index is 2.19. The highest BCUT2D eigenvalue weighted by molar-refractivity contribution is 7.10. The van der Waals surface area contributed by atoms with Crippen molar-refractivity contribution < 1.29 is 4.74 Å². The molecule has 0 aliphatic carbocycles. The molecule has 2 rings (SSSR count). The second kappa shape index (κ2) is 5.49. The van der Waals surface area contributed by atoms with Crippen molar-refractivity contribution in [3.63, 3.8) is 0 Å². The molecule has 0 spiro atoms. The molecule has 0 radical (unpaired) electrons. The summed E-state index contributed by atoms with van der Waals surface area (Å²) in [6.07, 6.45) is 3.06. The topological polar surface area (TPSA) is 48.1 Å². The summed E-state index contributed by atoms with van der Waals surface area (Å²) in [5.74, 6) is 0.640. The zero-order valence-corrected chi connectivity index (χ0v) is 11.0. The van der Waals surface area contributed by atoms with Crippen LogP contribution in [0.15, 0.2) is 29.9 Å². The second-order valence-corrected chi connectivity index (χ2v) is 5.03. The van der Waals surface area contributed by atoms with Gasteiger partial charge in [-0.25, -0.2) is 0 Å². The lowest BCUT2D eigenvalue weighted by atomic mass is 10.2. The molecule has 3 nitrogen and oxygen atoms in total. The molecule has 17 heavy (non-hydrogen) atoms. The van der Waals surface area contributed by atoms with Gasteiger partial charge in [-0.1, -0.05) is 11.6 Å². The van der Waals surface area contributed by atoms with Gasteiger partial charge in [0.2, 0.25) is 0 Å². The largest absolute Gasteiger partial charge is 0.482 e. The Hall–Kier alpha value is -1.10. The summed E-state index contributed by atoms with van der Waals surface area (Å²) in [5, 5.41) is 2.59. The monoisotopic (exact) mass is 268 g/mol. The third-order valence-electron chi connectivity index (χ3n) is 2.37. The number of rotatable bonds is 4. The van der Waals surface area contributed by atoms with Gasteiger partial charge in [-0.3, -0.25) is 4.98 Å². The van der Waals surface area contributed by atoms with E-state index in [0.717, 1.165) is 4.88 Å². The van der Waals surface area contributed by atoms with Gasteiger partial charge in [0.1, 0.15) is 11.9 Å². The number of hydrogen-bond donors (Lipinski definition) is 1. The summed E-state index contributed by atoms with van der Waals surface area (Å²) in [6.45, 7) is 2.47. The molecule has 1 unspecified atom stereocenters. The number of hydrogen-bond acceptors (Lipinski definition) is 4. The average Bonchev–Trinajstić information content (AvgIpc) is 2.72. The average molecular weight is 269 g/mol. The van der Waals surface area contributed by atoms with Gasteiger partial charge >= 0.3 is 0 Å². The number of nitrogens with two attached hydrogens (primary N) is 1. The maximum Gasteiger partial charge on any atom is 0.145 e. The van der Waals surface area contributed by atoms with Crippen molar-refractivity contribution in [2.75, 3.05) is 6.54 Å². The van der Waals surface area contributed by atoms with Crippen molar-refractivity contribution in [3.05, 3.63) is 45.4 Å². The zero-order chi connectivity index (χ0) is 12.3. The number of halogens is 1. The van der Waals surface area contributed by atoms with Crippen molar-refractivity contribution in [2.45, 2.75) is 13.0 Å². The molecule has 1 atom stereocenters. The van der Waals surface area contributed by atoms with Crippen molar-refractivity contribution in [3.8, 4) is 5.75 Å². The van der Waals surface area contributed by atoms with E-state index in [1.807, 2.05) is 12.3 Å². The fourth-order valence-corrected chi connectivity index (χ4v) is 2.68. The molecule has 5 heteroatoms. The lowest BCUT2D eigenvalue weighted by molar-refractivity contribution is 0.216. The van der Waals surface area contributed by atoms with Gasteiger partial charge in [-0.05, 0) is 23.9 Å². The molecule has 90 valence electrons. The van der Waals surface area contributed by atoms with Crippen LogP contribution < -0.4 is 10.5 Å². The van der Waals surface area contributed by atoms with Crippen molar-refractivity contribution >= 4 is 22.9 Å². The second-order valence-electron chi connectivity index (χ2n) is 3.65. The fraction of sp³-hybridized carbons (Fsp3) is 0.250. The SMILES string of the molecule is Cc1ccsc1C(CN)Oc1cncc(Cl)c1. The first-order valence-electron chi connectivity index (χ1n) is 5.22. The number of nitrogens with zero attached hydrogens (tertiary/aromatic N) is 1. The predicted molar refractivity (Wildman–Crippen MR) is 70.7 cm³/mol. The van der Waals surface area contributed by atoms with Gasteiger partial charge in [0.25, 0.3) is 0 Å². The van der Waals surface area contributed by atoms with E-state index in [1.165, 1.54) is 5.56 Å². The maximum absolute atomic E-state index is 5.86. The van der Waals surface area contributed by atoms with Crippen LogP contribution in [0.2, 0.25) is 5.02 Å².